The van der Waals surface area contributed by atoms with Gasteiger partial charge in [-0.3, -0.25) is 15.1 Å². The molecule has 0 aromatic carbocycles. The summed E-state index contributed by atoms with van der Waals surface area (Å²) in [4.78, 5) is 14.2. The third-order valence-electron chi connectivity index (χ3n) is 1.64. The average molecular weight is 260 g/mol. The van der Waals surface area contributed by atoms with Crippen molar-refractivity contribution in [2.24, 2.45) is 5.73 Å². The maximum Gasteiger partial charge on any atom is 0.293 e. The summed E-state index contributed by atoms with van der Waals surface area (Å²) in [5.74, 6) is 0. The molecule has 5 nitrogen and oxygen atoms in total. The third-order valence-corrected chi connectivity index (χ3v) is 2.07. The van der Waals surface area contributed by atoms with E-state index in [0.29, 0.717) is 4.47 Å². The van der Waals surface area contributed by atoms with Crippen molar-refractivity contribution in [1.82, 2.24) is 4.98 Å². The van der Waals surface area contributed by atoms with E-state index in [9.17, 15) is 10.1 Å². The van der Waals surface area contributed by atoms with Crippen molar-refractivity contribution in [1.29, 1.82) is 0 Å². The molecular weight excluding hydrogens is 250 g/mol. The third kappa shape index (κ3) is 2.27. The molecule has 0 aliphatic carbocycles. The van der Waals surface area contributed by atoms with Gasteiger partial charge in [-0.15, -0.1) is 0 Å². The van der Waals surface area contributed by atoms with Crippen molar-refractivity contribution in [2.45, 2.75) is 19.4 Å². The van der Waals surface area contributed by atoms with Crippen LogP contribution in [0.4, 0.5) is 5.69 Å². The first-order valence-electron chi connectivity index (χ1n) is 3.91. The summed E-state index contributed by atoms with van der Waals surface area (Å²) in [6, 6.07) is 1.40. The van der Waals surface area contributed by atoms with Gasteiger partial charge in [0.05, 0.1) is 10.5 Å². The molecule has 0 saturated carbocycles. The average Bonchev–Trinajstić information content (AvgIpc) is 2.01. The Morgan fingerprint density at radius 1 is 1.64 bits per heavy atom. The Morgan fingerprint density at radius 2 is 2.21 bits per heavy atom. The van der Waals surface area contributed by atoms with Gasteiger partial charge in [-0.25, -0.2) is 0 Å². The Labute approximate surface area is 89.6 Å². The van der Waals surface area contributed by atoms with Gasteiger partial charge in [-0.2, -0.15) is 0 Å². The van der Waals surface area contributed by atoms with Crippen molar-refractivity contribution >= 4 is 21.6 Å². The summed E-state index contributed by atoms with van der Waals surface area (Å²) in [5, 5.41) is 10.7. The molecule has 0 unspecified atom stereocenters. The van der Waals surface area contributed by atoms with Crippen molar-refractivity contribution in [3.05, 3.63) is 32.5 Å². The second-order valence-electron chi connectivity index (χ2n) is 3.50. The standard InChI is InChI=1S/C8H10BrN3O2/c1-8(2,10)7-6(12(13)14)3-5(9)4-11-7/h3-4H,10H2,1-2H3. The van der Waals surface area contributed by atoms with Crippen LogP contribution in [0.25, 0.3) is 0 Å². The molecule has 0 bridgehead atoms. The number of nitro groups is 1. The first kappa shape index (κ1) is 11.1. The van der Waals surface area contributed by atoms with Crippen LogP contribution < -0.4 is 5.73 Å². The largest absolute Gasteiger partial charge is 0.320 e. The second kappa shape index (κ2) is 3.62. The number of hydrogen-bond donors (Lipinski definition) is 1. The van der Waals surface area contributed by atoms with Crippen LogP contribution in [0.15, 0.2) is 16.7 Å². The van der Waals surface area contributed by atoms with E-state index in [0.717, 1.165) is 0 Å². The Kier molecular flexibility index (Phi) is 2.86. The Hall–Kier alpha value is -1.01. The summed E-state index contributed by atoms with van der Waals surface area (Å²) in [6.07, 6.45) is 1.50. The van der Waals surface area contributed by atoms with Gasteiger partial charge in [0, 0.05) is 16.7 Å². The fourth-order valence-electron chi connectivity index (χ4n) is 1.06. The number of hydrogen-bond acceptors (Lipinski definition) is 4. The van der Waals surface area contributed by atoms with Crippen LogP contribution in [0.2, 0.25) is 0 Å². The topological polar surface area (TPSA) is 82.0 Å². The SMILES string of the molecule is CC(C)(N)c1ncc(Br)cc1[N+](=O)[O-]. The van der Waals surface area contributed by atoms with Crippen LogP contribution in [0.5, 0.6) is 0 Å². The number of rotatable bonds is 2. The highest BCUT2D eigenvalue weighted by atomic mass is 79.9. The zero-order valence-electron chi connectivity index (χ0n) is 7.82. The molecule has 0 saturated heterocycles. The van der Waals surface area contributed by atoms with Gasteiger partial charge in [0.15, 0.2) is 0 Å². The van der Waals surface area contributed by atoms with Gasteiger partial charge < -0.3 is 5.73 Å². The lowest BCUT2D eigenvalue weighted by Crippen LogP contribution is -2.30. The predicted molar refractivity (Wildman–Crippen MR) is 55.8 cm³/mol. The number of pyridine rings is 1. The van der Waals surface area contributed by atoms with E-state index in [1.807, 2.05) is 0 Å². The lowest BCUT2D eigenvalue weighted by molar-refractivity contribution is -0.386. The molecule has 0 fully saturated rings. The van der Waals surface area contributed by atoms with E-state index in [2.05, 4.69) is 20.9 Å². The van der Waals surface area contributed by atoms with Crippen molar-refractivity contribution < 1.29 is 4.92 Å². The van der Waals surface area contributed by atoms with E-state index < -0.39 is 10.5 Å². The van der Waals surface area contributed by atoms with Crippen molar-refractivity contribution in [3.63, 3.8) is 0 Å². The molecular formula is C8H10BrN3O2. The highest BCUT2D eigenvalue weighted by Crippen LogP contribution is 2.27. The highest BCUT2D eigenvalue weighted by Gasteiger charge is 2.27. The van der Waals surface area contributed by atoms with Gasteiger partial charge in [0.2, 0.25) is 0 Å². The fourth-order valence-corrected chi connectivity index (χ4v) is 1.38. The van der Waals surface area contributed by atoms with Gasteiger partial charge in [0.1, 0.15) is 5.69 Å². The summed E-state index contributed by atoms with van der Waals surface area (Å²) >= 11 is 3.12. The summed E-state index contributed by atoms with van der Waals surface area (Å²) in [7, 11) is 0. The smallest absolute Gasteiger partial charge is 0.293 e. The highest BCUT2D eigenvalue weighted by molar-refractivity contribution is 9.10. The zero-order chi connectivity index (χ0) is 10.9. The molecule has 6 heteroatoms. The van der Waals surface area contributed by atoms with Crippen LogP contribution in [-0.2, 0) is 5.54 Å². The van der Waals surface area contributed by atoms with Crippen LogP contribution in [0.1, 0.15) is 19.5 Å². The number of nitrogens with zero attached hydrogens (tertiary/aromatic N) is 2. The quantitative estimate of drug-likeness (QED) is 0.650. The molecule has 1 rings (SSSR count). The van der Waals surface area contributed by atoms with E-state index in [1.165, 1.54) is 12.3 Å². The molecule has 0 spiro atoms. The molecule has 1 aromatic heterocycles. The van der Waals surface area contributed by atoms with E-state index in [-0.39, 0.29) is 11.4 Å². The maximum atomic E-state index is 10.7. The molecule has 0 aliphatic rings. The minimum atomic E-state index is -0.816. The number of aromatic nitrogens is 1. The Morgan fingerprint density at radius 3 is 2.64 bits per heavy atom. The first-order chi connectivity index (χ1) is 6.32. The van der Waals surface area contributed by atoms with Gasteiger partial charge >= 0.3 is 0 Å². The lowest BCUT2D eigenvalue weighted by Gasteiger charge is -2.17. The Bertz CT molecular complexity index is 373. The molecule has 14 heavy (non-hydrogen) atoms. The number of nitrogens with two attached hydrogens (primary N) is 1. The maximum absolute atomic E-state index is 10.7. The van der Waals surface area contributed by atoms with Gasteiger partial charge in [-0.05, 0) is 29.8 Å². The molecule has 0 aliphatic heterocycles. The van der Waals surface area contributed by atoms with Gasteiger partial charge in [0.25, 0.3) is 5.69 Å². The molecule has 0 amide bonds. The zero-order valence-corrected chi connectivity index (χ0v) is 9.41. The summed E-state index contributed by atoms with van der Waals surface area (Å²) in [6.45, 7) is 3.35. The molecule has 2 N–H and O–H groups in total. The van der Waals surface area contributed by atoms with Crippen molar-refractivity contribution in [2.75, 3.05) is 0 Å². The minimum Gasteiger partial charge on any atom is -0.320 e. The minimum absolute atomic E-state index is 0.0631. The molecule has 1 heterocycles. The molecule has 1 aromatic rings. The van der Waals surface area contributed by atoms with E-state index >= 15 is 0 Å². The molecule has 0 atom stereocenters. The van der Waals surface area contributed by atoms with Crippen LogP contribution in [0.3, 0.4) is 0 Å². The fraction of sp³-hybridized carbons (Fsp3) is 0.375. The lowest BCUT2D eigenvalue weighted by atomic mass is 10.0. The van der Waals surface area contributed by atoms with Crippen molar-refractivity contribution in [3.8, 4) is 0 Å². The Balaban J connectivity index is 3.37. The van der Waals surface area contributed by atoms with Crippen LogP contribution in [0, 0.1) is 10.1 Å². The predicted octanol–water partition coefficient (Wildman–Crippen LogP) is 1.95. The van der Waals surface area contributed by atoms with E-state index in [4.69, 9.17) is 5.73 Å². The monoisotopic (exact) mass is 259 g/mol. The summed E-state index contributed by atoms with van der Waals surface area (Å²) < 4.78 is 0.567. The summed E-state index contributed by atoms with van der Waals surface area (Å²) in [5.41, 5.74) is 5.17. The van der Waals surface area contributed by atoms with E-state index in [1.54, 1.807) is 13.8 Å². The number of halogens is 1. The first-order valence-corrected chi connectivity index (χ1v) is 4.71. The van der Waals surface area contributed by atoms with Crippen LogP contribution in [-0.4, -0.2) is 9.91 Å². The normalized spacial score (nSPS) is 11.4. The van der Waals surface area contributed by atoms with Crippen LogP contribution >= 0.6 is 15.9 Å². The second-order valence-corrected chi connectivity index (χ2v) is 4.42. The molecule has 0 radical (unpaired) electrons. The van der Waals surface area contributed by atoms with Gasteiger partial charge in [-0.1, -0.05) is 0 Å². The molecule has 76 valence electrons.